The number of hydrogen-bond donors (Lipinski definition) is 1. The van der Waals surface area contributed by atoms with Crippen molar-refractivity contribution in [3.63, 3.8) is 0 Å². The zero-order chi connectivity index (χ0) is 13.1. The van der Waals surface area contributed by atoms with Crippen LogP contribution in [-0.4, -0.2) is 7.11 Å². The van der Waals surface area contributed by atoms with Crippen LogP contribution in [0.5, 0.6) is 5.75 Å². The molecular weight excluding hydrogens is 334 g/mol. The molecule has 0 fully saturated rings. The third-order valence-electron chi connectivity index (χ3n) is 2.62. The Labute approximate surface area is 124 Å². The topological polar surface area (TPSA) is 21.3 Å². The Balaban J connectivity index is 2.12. The SMILES string of the molecule is COc1ccc(NC(C)c2csc(Cl)c2)cc1Br. The molecule has 1 atom stereocenters. The summed E-state index contributed by atoms with van der Waals surface area (Å²) in [5.41, 5.74) is 2.23. The molecule has 0 aliphatic rings. The van der Waals surface area contributed by atoms with Gasteiger partial charge >= 0.3 is 0 Å². The first-order valence-electron chi connectivity index (χ1n) is 5.44. The summed E-state index contributed by atoms with van der Waals surface area (Å²) in [6.45, 7) is 2.11. The van der Waals surface area contributed by atoms with Gasteiger partial charge in [-0.05, 0) is 58.1 Å². The van der Waals surface area contributed by atoms with E-state index in [2.05, 4.69) is 33.6 Å². The first kappa shape index (κ1) is 13.7. The molecule has 2 rings (SSSR count). The molecule has 1 heterocycles. The van der Waals surface area contributed by atoms with Crippen LogP contribution in [0.25, 0.3) is 0 Å². The Kier molecular flexibility index (Phi) is 4.54. The van der Waals surface area contributed by atoms with Gasteiger partial charge in [0.05, 0.1) is 15.9 Å². The minimum Gasteiger partial charge on any atom is -0.496 e. The molecule has 1 N–H and O–H groups in total. The molecule has 1 unspecified atom stereocenters. The zero-order valence-electron chi connectivity index (χ0n) is 10.0. The molecule has 1 aromatic carbocycles. The summed E-state index contributed by atoms with van der Waals surface area (Å²) < 4.78 is 6.95. The maximum absolute atomic E-state index is 5.94. The van der Waals surface area contributed by atoms with Crippen molar-refractivity contribution in [2.24, 2.45) is 0 Å². The van der Waals surface area contributed by atoms with Gasteiger partial charge in [0.25, 0.3) is 0 Å². The van der Waals surface area contributed by atoms with E-state index < -0.39 is 0 Å². The Morgan fingerprint density at radius 1 is 1.39 bits per heavy atom. The van der Waals surface area contributed by atoms with Gasteiger partial charge in [-0.25, -0.2) is 0 Å². The lowest BCUT2D eigenvalue weighted by Gasteiger charge is -2.15. The quantitative estimate of drug-likeness (QED) is 0.806. The minimum atomic E-state index is 0.217. The number of nitrogens with one attached hydrogen (secondary N) is 1. The number of thiophene rings is 1. The smallest absolute Gasteiger partial charge is 0.133 e. The Bertz CT molecular complexity index is 544. The number of anilines is 1. The van der Waals surface area contributed by atoms with E-state index in [9.17, 15) is 0 Å². The van der Waals surface area contributed by atoms with Gasteiger partial charge in [0.15, 0.2) is 0 Å². The maximum Gasteiger partial charge on any atom is 0.133 e. The van der Waals surface area contributed by atoms with Crippen LogP contribution in [0.15, 0.2) is 34.1 Å². The molecule has 0 spiro atoms. The van der Waals surface area contributed by atoms with Crippen molar-refractivity contribution < 1.29 is 4.74 Å². The molecular formula is C13H13BrClNOS. The van der Waals surface area contributed by atoms with E-state index in [4.69, 9.17) is 16.3 Å². The molecule has 18 heavy (non-hydrogen) atoms. The molecule has 0 saturated heterocycles. The maximum atomic E-state index is 5.94. The first-order chi connectivity index (χ1) is 8.60. The summed E-state index contributed by atoms with van der Waals surface area (Å²) in [4.78, 5) is 0. The predicted octanol–water partition coefficient (Wildman–Crippen LogP) is 5.35. The Hall–Kier alpha value is -0.710. The van der Waals surface area contributed by atoms with E-state index in [0.29, 0.717) is 0 Å². The van der Waals surface area contributed by atoms with Crippen LogP contribution in [0.2, 0.25) is 4.34 Å². The van der Waals surface area contributed by atoms with Gasteiger partial charge in [0, 0.05) is 11.7 Å². The summed E-state index contributed by atoms with van der Waals surface area (Å²) in [6, 6.07) is 8.13. The zero-order valence-corrected chi connectivity index (χ0v) is 13.2. The molecule has 2 aromatic rings. The largest absolute Gasteiger partial charge is 0.496 e. The number of methoxy groups -OCH3 is 1. The standard InChI is InChI=1S/C13H13BrClNOS/c1-8(9-5-13(15)18-7-9)16-10-3-4-12(17-2)11(14)6-10/h3-8,16H,1-2H3. The highest BCUT2D eigenvalue weighted by Crippen LogP contribution is 2.31. The van der Waals surface area contributed by atoms with Crippen molar-refractivity contribution in [3.8, 4) is 5.75 Å². The fourth-order valence-corrected chi connectivity index (χ4v) is 3.17. The fraction of sp³-hybridized carbons (Fsp3) is 0.231. The van der Waals surface area contributed by atoms with Gasteiger partial charge < -0.3 is 10.1 Å². The van der Waals surface area contributed by atoms with E-state index >= 15 is 0 Å². The summed E-state index contributed by atoms with van der Waals surface area (Å²) in [5.74, 6) is 0.826. The third kappa shape index (κ3) is 3.19. The summed E-state index contributed by atoms with van der Waals surface area (Å²) in [6.07, 6.45) is 0. The average molecular weight is 347 g/mol. The lowest BCUT2D eigenvalue weighted by Crippen LogP contribution is -2.05. The molecule has 1 aromatic heterocycles. The molecule has 2 nitrogen and oxygen atoms in total. The second kappa shape index (κ2) is 5.95. The van der Waals surface area contributed by atoms with Gasteiger partial charge in [-0.15, -0.1) is 11.3 Å². The van der Waals surface area contributed by atoms with Gasteiger partial charge in [-0.3, -0.25) is 0 Å². The van der Waals surface area contributed by atoms with E-state index in [1.54, 1.807) is 18.4 Å². The number of halogens is 2. The second-order valence-corrected chi connectivity index (χ2v) is 6.30. The van der Waals surface area contributed by atoms with E-state index in [-0.39, 0.29) is 6.04 Å². The van der Waals surface area contributed by atoms with Crippen LogP contribution in [-0.2, 0) is 0 Å². The average Bonchev–Trinajstić information content (AvgIpc) is 2.76. The van der Waals surface area contributed by atoms with Crippen molar-refractivity contribution in [2.75, 3.05) is 12.4 Å². The third-order valence-corrected chi connectivity index (χ3v) is 4.35. The summed E-state index contributed by atoms with van der Waals surface area (Å²) in [5, 5.41) is 5.49. The lowest BCUT2D eigenvalue weighted by atomic mass is 10.1. The molecule has 0 aliphatic carbocycles. The van der Waals surface area contributed by atoms with Crippen molar-refractivity contribution in [1.82, 2.24) is 0 Å². The predicted molar refractivity (Wildman–Crippen MR) is 82.1 cm³/mol. The molecule has 96 valence electrons. The number of benzene rings is 1. The van der Waals surface area contributed by atoms with Gasteiger partial charge in [0.1, 0.15) is 5.75 Å². The van der Waals surface area contributed by atoms with Crippen molar-refractivity contribution >= 4 is 44.6 Å². The molecule has 0 amide bonds. The van der Waals surface area contributed by atoms with Crippen LogP contribution in [0.1, 0.15) is 18.5 Å². The lowest BCUT2D eigenvalue weighted by molar-refractivity contribution is 0.412. The summed E-state index contributed by atoms with van der Waals surface area (Å²) in [7, 11) is 1.66. The van der Waals surface area contributed by atoms with Crippen molar-refractivity contribution in [1.29, 1.82) is 0 Å². The van der Waals surface area contributed by atoms with Crippen LogP contribution in [0.4, 0.5) is 5.69 Å². The molecule has 0 aliphatic heterocycles. The van der Waals surface area contributed by atoms with Crippen LogP contribution in [0, 0.1) is 0 Å². The molecule has 0 radical (unpaired) electrons. The van der Waals surface area contributed by atoms with Gasteiger partial charge in [0.2, 0.25) is 0 Å². The Morgan fingerprint density at radius 2 is 2.17 bits per heavy atom. The number of rotatable bonds is 4. The molecule has 0 saturated carbocycles. The van der Waals surface area contributed by atoms with E-state index in [1.165, 1.54) is 5.56 Å². The van der Waals surface area contributed by atoms with Crippen LogP contribution in [0.3, 0.4) is 0 Å². The van der Waals surface area contributed by atoms with Crippen molar-refractivity contribution in [2.45, 2.75) is 13.0 Å². The normalized spacial score (nSPS) is 12.2. The molecule has 0 bridgehead atoms. The highest BCUT2D eigenvalue weighted by atomic mass is 79.9. The minimum absolute atomic E-state index is 0.217. The van der Waals surface area contributed by atoms with Crippen LogP contribution < -0.4 is 10.1 Å². The summed E-state index contributed by atoms with van der Waals surface area (Å²) >= 11 is 11.0. The number of hydrogen-bond acceptors (Lipinski definition) is 3. The highest BCUT2D eigenvalue weighted by molar-refractivity contribution is 9.10. The van der Waals surface area contributed by atoms with Gasteiger partial charge in [-0.1, -0.05) is 11.6 Å². The van der Waals surface area contributed by atoms with Crippen molar-refractivity contribution in [3.05, 3.63) is 44.0 Å². The van der Waals surface area contributed by atoms with E-state index in [1.807, 2.05) is 24.3 Å². The highest BCUT2D eigenvalue weighted by Gasteiger charge is 2.08. The monoisotopic (exact) mass is 345 g/mol. The van der Waals surface area contributed by atoms with Gasteiger partial charge in [-0.2, -0.15) is 0 Å². The Morgan fingerprint density at radius 3 is 2.72 bits per heavy atom. The first-order valence-corrected chi connectivity index (χ1v) is 7.49. The fourth-order valence-electron chi connectivity index (χ4n) is 1.64. The van der Waals surface area contributed by atoms with Crippen LogP contribution >= 0.6 is 38.9 Å². The number of ether oxygens (including phenoxy) is 1. The second-order valence-electron chi connectivity index (χ2n) is 3.90. The molecule has 5 heteroatoms. The van der Waals surface area contributed by atoms with E-state index in [0.717, 1.165) is 20.2 Å².